The lowest BCUT2D eigenvalue weighted by atomic mass is 10.2. The van der Waals surface area contributed by atoms with Crippen molar-refractivity contribution in [1.82, 2.24) is 15.0 Å². The predicted molar refractivity (Wildman–Crippen MR) is 138 cm³/mol. The van der Waals surface area contributed by atoms with Gasteiger partial charge in [0.05, 0.1) is 35.2 Å². The molecule has 0 bridgehead atoms. The molecule has 0 aliphatic rings. The van der Waals surface area contributed by atoms with E-state index in [0.717, 1.165) is 17.3 Å². The summed E-state index contributed by atoms with van der Waals surface area (Å²) in [6.07, 6.45) is 1.46. The zero-order chi connectivity index (χ0) is 24.8. The summed E-state index contributed by atoms with van der Waals surface area (Å²) in [5.41, 5.74) is 5.15. The molecule has 4 aromatic rings. The van der Waals surface area contributed by atoms with Crippen LogP contribution in [0.25, 0.3) is 16.6 Å². The van der Waals surface area contributed by atoms with Crippen molar-refractivity contribution < 1.29 is 14.6 Å². The zero-order valence-electron chi connectivity index (χ0n) is 19.3. The number of phenolic OH excluding ortho intramolecular Hbond substituents is 1. The van der Waals surface area contributed by atoms with Gasteiger partial charge in [-0.1, -0.05) is 42.1 Å². The number of aromatic nitrogens is 2. The molecule has 0 aliphatic heterocycles. The summed E-state index contributed by atoms with van der Waals surface area (Å²) in [5, 5.41) is 14.7. The smallest absolute Gasteiger partial charge is 0.266 e. The Morgan fingerprint density at radius 2 is 1.94 bits per heavy atom. The monoisotopic (exact) mass is 488 g/mol. The second-order valence-corrected chi connectivity index (χ2v) is 8.52. The Morgan fingerprint density at radius 1 is 1.17 bits per heavy atom. The molecule has 35 heavy (non-hydrogen) atoms. The molecule has 0 radical (unpaired) electrons. The second-order valence-electron chi connectivity index (χ2n) is 7.58. The molecule has 3 aromatic carbocycles. The first-order valence-electron chi connectivity index (χ1n) is 11.0. The molecule has 0 saturated carbocycles. The molecular weight excluding hydrogens is 464 g/mol. The van der Waals surface area contributed by atoms with Gasteiger partial charge in [0.15, 0.2) is 16.7 Å². The number of phenols is 1. The average molecular weight is 489 g/mol. The van der Waals surface area contributed by atoms with E-state index in [1.54, 1.807) is 34.9 Å². The predicted octanol–water partition coefficient (Wildman–Crippen LogP) is 4.04. The Hall–Kier alpha value is -4.11. The molecule has 1 aromatic heterocycles. The Kier molecular flexibility index (Phi) is 7.47. The van der Waals surface area contributed by atoms with E-state index in [2.05, 4.69) is 15.5 Å². The molecule has 0 atom stereocenters. The van der Waals surface area contributed by atoms with E-state index in [1.165, 1.54) is 12.3 Å². The molecule has 2 N–H and O–H groups in total. The van der Waals surface area contributed by atoms with Crippen LogP contribution in [-0.4, -0.2) is 39.1 Å². The van der Waals surface area contributed by atoms with Gasteiger partial charge in [0.1, 0.15) is 0 Å². The van der Waals surface area contributed by atoms with Crippen LogP contribution < -0.4 is 15.7 Å². The Bertz CT molecular complexity index is 1470. The minimum Gasteiger partial charge on any atom is -0.504 e. The average Bonchev–Trinajstić information content (AvgIpc) is 2.86. The van der Waals surface area contributed by atoms with Crippen molar-refractivity contribution in [3.63, 3.8) is 0 Å². The van der Waals surface area contributed by atoms with Gasteiger partial charge in [-0.05, 0) is 61.4 Å². The number of para-hydroxylation sites is 2. The van der Waals surface area contributed by atoms with E-state index < -0.39 is 0 Å². The quantitative estimate of drug-likeness (QED) is 0.168. The van der Waals surface area contributed by atoms with Gasteiger partial charge in [-0.25, -0.2) is 10.4 Å². The molecule has 1 amide bonds. The number of aromatic hydroxyl groups is 1. The van der Waals surface area contributed by atoms with Crippen LogP contribution in [-0.2, 0) is 4.79 Å². The van der Waals surface area contributed by atoms with Crippen molar-refractivity contribution in [3.05, 3.63) is 88.2 Å². The molecule has 178 valence electrons. The molecule has 0 aliphatic carbocycles. The highest BCUT2D eigenvalue weighted by Gasteiger charge is 2.15. The molecule has 0 fully saturated rings. The summed E-state index contributed by atoms with van der Waals surface area (Å²) in [6.45, 7) is 4.16. The lowest BCUT2D eigenvalue weighted by Gasteiger charge is -2.14. The first-order chi connectivity index (χ1) is 17.0. The second kappa shape index (κ2) is 10.9. The standard InChI is InChI=1S/C26H24N4O4S/c1-3-34-23-14-18(12-13-22(23)31)15-27-29-24(32)16-35-26-28-20-10-6-5-9-19(20)25(33)30(26)21-11-7-4-8-17(21)2/h4-15,31H,3,16H2,1-2H3,(H,29,32)/b27-15-. The number of carbonyl (C=O) groups excluding carboxylic acids is 1. The summed E-state index contributed by atoms with van der Waals surface area (Å²) in [6, 6.07) is 19.5. The minimum absolute atomic E-state index is 0.00771. The van der Waals surface area contributed by atoms with Crippen molar-refractivity contribution >= 4 is 34.8 Å². The van der Waals surface area contributed by atoms with Gasteiger partial charge < -0.3 is 9.84 Å². The van der Waals surface area contributed by atoms with Crippen molar-refractivity contribution in [3.8, 4) is 17.2 Å². The number of fused-ring (bicyclic) bond motifs is 1. The van der Waals surface area contributed by atoms with Gasteiger partial charge in [-0.15, -0.1) is 0 Å². The molecule has 4 rings (SSSR count). The van der Waals surface area contributed by atoms with E-state index in [0.29, 0.717) is 39.7 Å². The van der Waals surface area contributed by atoms with Crippen LogP contribution in [0.4, 0.5) is 0 Å². The van der Waals surface area contributed by atoms with E-state index in [1.807, 2.05) is 44.2 Å². The maximum Gasteiger partial charge on any atom is 0.266 e. The van der Waals surface area contributed by atoms with E-state index in [9.17, 15) is 14.7 Å². The Morgan fingerprint density at radius 3 is 2.74 bits per heavy atom. The fourth-order valence-electron chi connectivity index (χ4n) is 3.46. The fraction of sp³-hybridized carbons (Fsp3) is 0.154. The molecule has 0 unspecified atom stereocenters. The first kappa shape index (κ1) is 24.0. The highest BCUT2D eigenvalue weighted by atomic mass is 32.2. The topological polar surface area (TPSA) is 106 Å². The molecule has 9 heteroatoms. The number of rotatable bonds is 8. The van der Waals surface area contributed by atoms with Gasteiger partial charge in [0.2, 0.25) is 0 Å². The number of carbonyl (C=O) groups is 1. The fourth-order valence-corrected chi connectivity index (χ4v) is 4.26. The number of ether oxygens (including phenoxy) is 1. The number of hydrogen-bond acceptors (Lipinski definition) is 7. The van der Waals surface area contributed by atoms with Crippen molar-refractivity contribution in [2.75, 3.05) is 12.4 Å². The van der Waals surface area contributed by atoms with Crippen LogP contribution in [0, 0.1) is 6.92 Å². The summed E-state index contributed by atoms with van der Waals surface area (Å²) < 4.78 is 6.90. The van der Waals surface area contributed by atoms with Gasteiger partial charge in [0, 0.05) is 0 Å². The minimum atomic E-state index is -0.353. The van der Waals surface area contributed by atoms with Gasteiger partial charge in [0.25, 0.3) is 11.5 Å². The lowest BCUT2D eigenvalue weighted by Crippen LogP contribution is -2.24. The number of hydrogen-bond donors (Lipinski definition) is 2. The highest BCUT2D eigenvalue weighted by Crippen LogP contribution is 2.26. The van der Waals surface area contributed by atoms with E-state index in [4.69, 9.17) is 4.74 Å². The number of aryl methyl sites for hydroxylation is 1. The van der Waals surface area contributed by atoms with Gasteiger partial charge >= 0.3 is 0 Å². The van der Waals surface area contributed by atoms with Crippen molar-refractivity contribution in [2.24, 2.45) is 5.10 Å². The highest BCUT2D eigenvalue weighted by molar-refractivity contribution is 7.99. The van der Waals surface area contributed by atoms with Crippen LogP contribution in [0.3, 0.4) is 0 Å². The van der Waals surface area contributed by atoms with E-state index >= 15 is 0 Å². The maximum atomic E-state index is 13.3. The Labute approximate surface area is 206 Å². The third-order valence-corrected chi connectivity index (χ3v) is 6.06. The first-order valence-corrected chi connectivity index (χ1v) is 11.9. The van der Waals surface area contributed by atoms with Crippen LogP contribution in [0.1, 0.15) is 18.1 Å². The normalized spacial score (nSPS) is 11.1. The maximum absolute atomic E-state index is 13.3. The van der Waals surface area contributed by atoms with Gasteiger partial charge in [-0.2, -0.15) is 5.10 Å². The summed E-state index contributed by atoms with van der Waals surface area (Å²) in [7, 11) is 0. The van der Waals surface area contributed by atoms with Crippen LogP contribution in [0.2, 0.25) is 0 Å². The largest absolute Gasteiger partial charge is 0.504 e. The molecular formula is C26H24N4O4S. The number of hydrazone groups is 1. The molecule has 8 nitrogen and oxygen atoms in total. The van der Waals surface area contributed by atoms with Crippen molar-refractivity contribution in [2.45, 2.75) is 19.0 Å². The summed E-state index contributed by atoms with van der Waals surface area (Å²) in [5.74, 6) is 0.0315. The van der Waals surface area contributed by atoms with E-state index in [-0.39, 0.29) is 23.0 Å². The van der Waals surface area contributed by atoms with Crippen molar-refractivity contribution in [1.29, 1.82) is 0 Å². The number of amides is 1. The molecule has 1 heterocycles. The van der Waals surface area contributed by atoms with Crippen LogP contribution >= 0.6 is 11.8 Å². The lowest BCUT2D eigenvalue weighted by molar-refractivity contribution is -0.118. The molecule has 0 spiro atoms. The third-order valence-electron chi connectivity index (χ3n) is 5.12. The molecule has 0 saturated heterocycles. The number of thioether (sulfide) groups is 1. The van der Waals surface area contributed by atoms with Crippen LogP contribution in [0.15, 0.2) is 81.8 Å². The van der Waals surface area contributed by atoms with Gasteiger partial charge in [-0.3, -0.25) is 14.2 Å². The zero-order valence-corrected chi connectivity index (χ0v) is 20.1. The van der Waals surface area contributed by atoms with Crippen LogP contribution in [0.5, 0.6) is 11.5 Å². The Balaban J connectivity index is 1.53. The SMILES string of the molecule is CCOc1cc(/C=N\NC(=O)CSc2nc3ccccc3c(=O)n2-c2ccccc2C)ccc1O. The number of benzene rings is 3. The third kappa shape index (κ3) is 5.52. The number of nitrogens with zero attached hydrogens (tertiary/aromatic N) is 3. The summed E-state index contributed by atoms with van der Waals surface area (Å²) in [4.78, 5) is 30.5. The summed E-state index contributed by atoms with van der Waals surface area (Å²) >= 11 is 1.16. The number of nitrogens with one attached hydrogen (secondary N) is 1.